The van der Waals surface area contributed by atoms with Crippen LogP contribution < -0.4 is 0 Å². The van der Waals surface area contributed by atoms with E-state index in [2.05, 4.69) is 16.1 Å². The SMILES string of the molecule is C1=NC2C3=CN=C2C=C1C3. The van der Waals surface area contributed by atoms with Crippen LogP contribution in [0.15, 0.2) is 33.4 Å². The lowest BCUT2D eigenvalue weighted by Gasteiger charge is -2.22. The van der Waals surface area contributed by atoms with Crippen LogP contribution in [0.5, 0.6) is 0 Å². The Bertz CT molecular complexity index is 318. The molecule has 4 aliphatic rings. The molecule has 0 fully saturated rings. The topological polar surface area (TPSA) is 24.7 Å². The average Bonchev–Trinajstić information content (AvgIpc) is 2.29. The zero-order valence-electron chi connectivity index (χ0n) is 5.41. The maximum atomic E-state index is 4.33. The standard InChI is InChI=1S/C8H6N2/c1-5-2-7-8(10-3-5)6(1)4-9-7/h2-4,8H,1H2. The highest BCUT2D eigenvalue weighted by Gasteiger charge is 2.30. The summed E-state index contributed by atoms with van der Waals surface area (Å²) in [7, 11) is 0. The smallest absolute Gasteiger partial charge is 0.115 e. The molecule has 2 nitrogen and oxygen atoms in total. The molecule has 0 radical (unpaired) electrons. The van der Waals surface area contributed by atoms with E-state index in [4.69, 9.17) is 0 Å². The third-order valence-corrected chi connectivity index (χ3v) is 2.14. The minimum Gasteiger partial charge on any atom is -0.279 e. The van der Waals surface area contributed by atoms with Gasteiger partial charge in [0.15, 0.2) is 0 Å². The van der Waals surface area contributed by atoms with E-state index in [1.54, 1.807) is 0 Å². The maximum absolute atomic E-state index is 4.33. The summed E-state index contributed by atoms with van der Waals surface area (Å²) < 4.78 is 0. The van der Waals surface area contributed by atoms with E-state index in [-0.39, 0.29) is 0 Å². The fraction of sp³-hybridized carbons (Fsp3) is 0.250. The Morgan fingerprint density at radius 3 is 3.20 bits per heavy atom. The van der Waals surface area contributed by atoms with Crippen LogP contribution in [0.2, 0.25) is 0 Å². The molecule has 2 heteroatoms. The Labute approximate surface area is 58.7 Å². The molecular formula is C8H6N2. The number of aliphatic imine (C=N–C) groups is 2. The van der Waals surface area contributed by atoms with Gasteiger partial charge in [0.05, 0.1) is 5.71 Å². The summed E-state index contributed by atoms with van der Waals surface area (Å²) in [4.78, 5) is 8.57. The Hall–Kier alpha value is -1.18. The third-order valence-electron chi connectivity index (χ3n) is 2.14. The van der Waals surface area contributed by atoms with Gasteiger partial charge in [-0.2, -0.15) is 0 Å². The molecule has 3 heterocycles. The molecule has 0 N–H and O–H groups in total. The normalized spacial score (nSPS) is 32.0. The molecule has 0 spiro atoms. The molecule has 4 bridgehead atoms. The molecule has 48 valence electrons. The van der Waals surface area contributed by atoms with Crippen LogP contribution in [-0.2, 0) is 0 Å². The number of nitrogens with zero attached hydrogens (tertiary/aromatic N) is 2. The van der Waals surface area contributed by atoms with Crippen LogP contribution in [0, 0.1) is 0 Å². The Balaban J connectivity index is 2.34. The summed E-state index contributed by atoms with van der Waals surface area (Å²) in [5, 5.41) is 0. The summed E-state index contributed by atoms with van der Waals surface area (Å²) in [6.07, 6.45) is 7.14. The van der Waals surface area contributed by atoms with E-state index in [0.29, 0.717) is 6.04 Å². The van der Waals surface area contributed by atoms with Crippen LogP contribution in [-0.4, -0.2) is 18.0 Å². The van der Waals surface area contributed by atoms with Crippen molar-refractivity contribution in [3.05, 3.63) is 23.4 Å². The van der Waals surface area contributed by atoms with E-state index in [1.807, 2.05) is 12.4 Å². The van der Waals surface area contributed by atoms with E-state index in [1.165, 1.54) is 11.1 Å². The molecular weight excluding hydrogens is 124 g/mol. The molecule has 1 unspecified atom stereocenters. The quantitative estimate of drug-likeness (QED) is 0.469. The fourth-order valence-corrected chi connectivity index (χ4v) is 1.65. The number of hydrogen-bond donors (Lipinski definition) is 0. The van der Waals surface area contributed by atoms with Gasteiger partial charge in [-0.1, -0.05) is 0 Å². The number of rotatable bonds is 0. The van der Waals surface area contributed by atoms with Gasteiger partial charge < -0.3 is 0 Å². The van der Waals surface area contributed by atoms with Crippen molar-refractivity contribution in [2.45, 2.75) is 12.5 Å². The summed E-state index contributed by atoms with van der Waals surface area (Å²) in [5.74, 6) is 0. The first kappa shape index (κ1) is 4.61. The van der Waals surface area contributed by atoms with Gasteiger partial charge in [0, 0.05) is 12.4 Å². The Kier molecular flexibility index (Phi) is 0.592. The van der Waals surface area contributed by atoms with E-state index >= 15 is 0 Å². The lowest BCUT2D eigenvalue weighted by atomic mass is 9.89. The van der Waals surface area contributed by atoms with Crippen molar-refractivity contribution in [1.82, 2.24) is 0 Å². The van der Waals surface area contributed by atoms with Gasteiger partial charge in [0.25, 0.3) is 0 Å². The van der Waals surface area contributed by atoms with Crippen molar-refractivity contribution in [2.75, 3.05) is 0 Å². The van der Waals surface area contributed by atoms with Crippen molar-refractivity contribution in [1.29, 1.82) is 0 Å². The van der Waals surface area contributed by atoms with Gasteiger partial charge in [-0.15, -0.1) is 0 Å². The first-order valence-electron chi connectivity index (χ1n) is 3.44. The molecule has 10 heavy (non-hydrogen) atoms. The van der Waals surface area contributed by atoms with Crippen molar-refractivity contribution in [3.63, 3.8) is 0 Å². The first-order chi connectivity index (χ1) is 4.93. The van der Waals surface area contributed by atoms with Gasteiger partial charge in [-0.3, -0.25) is 9.98 Å². The highest BCUT2D eigenvalue weighted by molar-refractivity contribution is 6.12. The van der Waals surface area contributed by atoms with Crippen LogP contribution in [0.25, 0.3) is 0 Å². The van der Waals surface area contributed by atoms with Gasteiger partial charge in [0.2, 0.25) is 0 Å². The predicted octanol–water partition coefficient (Wildman–Crippen LogP) is 1.11. The van der Waals surface area contributed by atoms with Gasteiger partial charge in [0.1, 0.15) is 6.04 Å². The van der Waals surface area contributed by atoms with Crippen molar-refractivity contribution < 1.29 is 0 Å². The molecule has 0 aromatic rings. The Morgan fingerprint density at radius 2 is 2.50 bits per heavy atom. The summed E-state index contributed by atoms with van der Waals surface area (Å²) in [6, 6.07) is 0.303. The van der Waals surface area contributed by atoms with E-state index in [0.717, 1.165) is 12.1 Å². The largest absolute Gasteiger partial charge is 0.279 e. The monoisotopic (exact) mass is 130 g/mol. The number of hydrogen-bond acceptors (Lipinski definition) is 2. The van der Waals surface area contributed by atoms with Crippen LogP contribution in [0.1, 0.15) is 6.42 Å². The van der Waals surface area contributed by atoms with Crippen LogP contribution >= 0.6 is 0 Å². The van der Waals surface area contributed by atoms with Crippen LogP contribution in [0.3, 0.4) is 0 Å². The average molecular weight is 130 g/mol. The summed E-state index contributed by atoms with van der Waals surface area (Å²) in [6.45, 7) is 0. The number of allylic oxidation sites excluding steroid dienone is 1. The fourth-order valence-electron chi connectivity index (χ4n) is 1.65. The molecule has 0 aromatic heterocycles. The minimum atomic E-state index is 0.303. The molecule has 0 saturated carbocycles. The second-order valence-electron chi connectivity index (χ2n) is 2.83. The zero-order chi connectivity index (χ0) is 6.55. The molecule has 0 amide bonds. The van der Waals surface area contributed by atoms with Crippen molar-refractivity contribution in [3.8, 4) is 0 Å². The third kappa shape index (κ3) is 0.375. The second-order valence-corrected chi connectivity index (χ2v) is 2.83. The molecule has 0 aromatic carbocycles. The molecule has 3 aliphatic heterocycles. The van der Waals surface area contributed by atoms with Gasteiger partial charge in [-0.05, 0) is 23.6 Å². The highest BCUT2D eigenvalue weighted by atomic mass is 14.9. The second kappa shape index (κ2) is 1.29. The van der Waals surface area contributed by atoms with Crippen molar-refractivity contribution in [2.24, 2.45) is 9.98 Å². The van der Waals surface area contributed by atoms with Crippen molar-refractivity contribution >= 4 is 11.9 Å². The first-order valence-corrected chi connectivity index (χ1v) is 3.44. The number of dihydropyridines is 1. The molecule has 0 saturated heterocycles. The minimum absolute atomic E-state index is 0.303. The summed E-state index contributed by atoms with van der Waals surface area (Å²) in [5.41, 5.74) is 3.82. The Morgan fingerprint density at radius 1 is 1.50 bits per heavy atom. The van der Waals surface area contributed by atoms with Gasteiger partial charge in [-0.25, -0.2) is 0 Å². The van der Waals surface area contributed by atoms with Crippen LogP contribution in [0.4, 0.5) is 0 Å². The lowest BCUT2D eigenvalue weighted by Crippen LogP contribution is -2.25. The maximum Gasteiger partial charge on any atom is 0.115 e. The highest BCUT2D eigenvalue weighted by Crippen LogP contribution is 2.31. The predicted molar refractivity (Wildman–Crippen MR) is 40.5 cm³/mol. The van der Waals surface area contributed by atoms with E-state index in [9.17, 15) is 0 Å². The zero-order valence-corrected chi connectivity index (χ0v) is 5.41. The van der Waals surface area contributed by atoms with E-state index < -0.39 is 0 Å². The molecule has 1 aliphatic carbocycles. The summed E-state index contributed by atoms with van der Waals surface area (Å²) >= 11 is 0. The van der Waals surface area contributed by atoms with Gasteiger partial charge >= 0.3 is 0 Å². The lowest BCUT2D eigenvalue weighted by molar-refractivity contribution is 0.924. The molecule has 1 atom stereocenters. The molecule has 4 rings (SSSR count).